The molecule has 1 heterocycles. The summed E-state index contributed by atoms with van der Waals surface area (Å²) in [5.41, 5.74) is 7.10. The number of anilines is 1. The maximum absolute atomic E-state index is 8.61. The number of nitrogens with two attached hydrogens (primary N) is 1. The van der Waals surface area contributed by atoms with Crippen LogP contribution in [0.4, 0.5) is 6.01 Å². The molecule has 96 valence electrons. The van der Waals surface area contributed by atoms with Gasteiger partial charge in [0.15, 0.2) is 5.58 Å². The molecule has 0 bridgehead atoms. The summed E-state index contributed by atoms with van der Waals surface area (Å²) in [5, 5.41) is 11.6. The van der Waals surface area contributed by atoms with Crippen LogP contribution in [0.2, 0.25) is 0 Å². The van der Waals surface area contributed by atoms with Crippen LogP contribution in [-0.4, -0.2) is 29.6 Å². The molecule has 3 N–H and O–H groups in total. The highest BCUT2D eigenvalue weighted by Gasteiger charge is 2.15. The molecule has 0 amide bonds. The van der Waals surface area contributed by atoms with Crippen molar-refractivity contribution in [3.05, 3.63) is 24.3 Å². The van der Waals surface area contributed by atoms with E-state index in [2.05, 4.69) is 10.1 Å². The number of oxazole rings is 1. The van der Waals surface area contributed by atoms with E-state index in [4.69, 9.17) is 15.4 Å². The van der Waals surface area contributed by atoms with E-state index in [0.717, 1.165) is 11.1 Å². The molecule has 6 nitrogen and oxygen atoms in total. The summed E-state index contributed by atoms with van der Waals surface area (Å²) < 4.78 is 5.62. The normalized spacial score (nSPS) is 13.8. The maximum atomic E-state index is 8.61. The van der Waals surface area contributed by atoms with Crippen molar-refractivity contribution >= 4 is 22.9 Å². The summed E-state index contributed by atoms with van der Waals surface area (Å²) in [6.07, 6.45) is 0. The van der Waals surface area contributed by atoms with Gasteiger partial charge in [-0.2, -0.15) is 4.98 Å². The third-order valence-corrected chi connectivity index (χ3v) is 2.78. The summed E-state index contributed by atoms with van der Waals surface area (Å²) in [6.45, 7) is 2.43. The van der Waals surface area contributed by atoms with Crippen molar-refractivity contribution < 1.29 is 9.62 Å². The lowest BCUT2D eigenvalue weighted by Crippen LogP contribution is -2.32. The van der Waals surface area contributed by atoms with Crippen LogP contribution in [0.3, 0.4) is 0 Å². The topological polar surface area (TPSA) is 87.9 Å². The Morgan fingerprint density at radius 1 is 1.56 bits per heavy atom. The number of oxime groups is 1. The lowest BCUT2D eigenvalue weighted by Gasteiger charge is -2.18. The van der Waals surface area contributed by atoms with Gasteiger partial charge in [-0.15, -0.1) is 0 Å². The van der Waals surface area contributed by atoms with Gasteiger partial charge in [0.25, 0.3) is 6.01 Å². The SMILES string of the molecule is CC(CN(C)c1nc2ccccc2o1)C(N)=NO. The number of nitrogens with zero attached hydrogens (tertiary/aromatic N) is 3. The lowest BCUT2D eigenvalue weighted by atomic mass is 10.1. The zero-order chi connectivity index (χ0) is 13.1. The smallest absolute Gasteiger partial charge is 0.298 e. The molecule has 0 saturated heterocycles. The van der Waals surface area contributed by atoms with Crippen molar-refractivity contribution in [1.82, 2.24) is 4.98 Å². The highest BCUT2D eigenvalue weighted by molar-refractivity contribution is 5.82. The predicted octanol–water partition coefficient (Wildman–Crippen LogP) is 1.65. The number of rotatable bonds is 4. The summed E-state index contributed by atoms with van der Waals surface area (Å²) in [5.74, 6) is 0.105. The Kier molecular flexibility index (Phi) is 3.36. The Bertz CT molecular complexity index is 531. The Labute approximate surface area is 105 Å². The first kappa shape index (κ1) is 12.2. The number of benzene rings is 1. The second-order valence-electron chi connectivity index (χ2n) is 4.27. The highest BCUT2D eigenvalue weighted by atomic mass is 16.4. The molecule has 0 aliphatic rings. The van der Waals surface area contributed by atoms with Gasteiger partial charge < -0.3 is 20.3 Å². The molecule has 18 heavy (non-hydrogen) atoms. The van der Waals surface area contributed by atoms with Gasteiger partial charge in [0.2, 0.25) is 0 Å². The third-order valence-electron chi connectivity index (χ3n) is 2.78. The van der Waals surface area contributed by atoms with Gasteiger partial charge >= 0.3 is 0 Å². The van der Waals surface area contributed by atoms with Gasteiger partial charge in [-0.25, -0.2) is 0 Å². The van der Waals surface area contributed by atoms with E-state index in [1.165, 1.54) is 0 Å². The molecule has 1 unspecified atom stereocenters. The van der Waals surface area contributed by atoms with Gasteiger partial charge in [-0.05, 0) is 12.1 Å². The van der Waals surface area contributed by atoms with Gasteiger partial charge in [0.1, 0.15) is 11.4 Å². The number of aromatic nitrogens is 1. The van der Waals surface area contributed by atoms with Crippen LogP contribution in [0.5, 0.6) is 0 Å². The predicted molar refractivity (Wildman–Crippen MR) is 69.9 cm³/mol. The monoisotopic (exact) mass is 248 g/mol. The van der Waals surface area contributed by atoms with Gasteiger partial charge in [-0.1, -0.05) is 24.2 Å². The van der Waals surface area contributed by atoms with Crippen molar-refractivity contribution in [2.75, 3.05) is 18.5 Å². The van der Waals surface area contributed by atoms with Crippen LogP contribution in [0.15, 0.2) is 33.8 Å². The fraction of sp³-hybridized carbons (Fsp3) is 0.333. The Balaban J connectivity index is 2.16. The standard InChI is InChI=1S/C12H16N4O2/c1-8(11(13)15-17)7-16(2)12-14-9-5-3-4-6-10(9)18-12/h3-6,8,17H,7H2,1-2H3,(H2,13,15). The van der Waals surface area contributed by atoms with E-state index in [-0.39, 0.29) is 11.8 Å². The summed E-state index contributed by atoms with van der Waals surface area (Å²) >= 11 is 0. The molecule has 1 aromatic carbocycles. The van der Waals surface area contributed by atoms with E-state index < -0.39 is 0 Å². The second-order valence-corrected chi connectivity index (χ2v) is 4.27. The fourth-order valence-electron chi connectivity index (χ4n) is 1.70. The first-order valence-electron chi connectivity index (χ1n) is 5.66. The molecule has 1 atom stereocenters. The van der Waals surface area contributed by atoms with Crippen LogP contribution in [0, 0.1) is 5.92 Å². The minimum Gasteiger partial charge on any atom is -0.423 e. The summed E-state index contributed by atoms with van der Waals surface area (Å²) in [7, 11) is 1.85. The molecule has 0 aliphatic carbocycles. The zero-order valence-electron chi connectivity index (χ0n) is 10.4. The minimum atomic E-state index is -0.0880. The number of amidine groups is 1. The van der Waals surface area contributed by atoms with Crippen LogP contribution >= 0.6 is 0 Å². The average molecular weight is 248 g/mol. The van der Waals surface area contributed by atoms with Crippen molar-refractivity contribution in [1.29, 1.82) is 0 Å². The maximum Gasteiger partial charge on any atom is 0.298 e. The van der Waals surface area contributed by atoms with Crippen molar-refractivity contribution in [2.24, 2.45) is 16.8 Å². The molecular formula is C12H16N4O2. The van der Waals surface area contributed by atoms with E-state index in [0.29, 0.717) is 12.6 Å². The highest BCUT2D eigenvalue weighted by Crippen LogP contribution is 2.21. The fourth-order valence-corrected chi connectivity index (χ4v) is 1.70. The van der Waals surface area contributed by atoms with Gasteiger partial charge in [-0.3, -0.25) is 0 Å². The van der Waals surface area contributed by atoms with Crippen molar-refractivity contribution in [3.63, 3.8) is 0 Å². The third kappa shape index (κ3) is 2.37. The second kappa shape index (κ2) is 4.95. The Morgan fingerprint density at radius 3 is 2.94 bits per heavy atom. The molecule has 0 aliphatic heterocycles. The van der Waals surface area contributed by atoms with Crippen molar-refractivity contribution in [2.45, 2.75) is 6.92 Å². The average Bonchev–Trinajstić information content (AvgIpc) is 2.81. The molecular weight excluding hydrogens is 232 g/mol. The molecule has 0 spiro atoms. The van der Waals surface area contributed by atoms with Crippen LogP contribution in [0.1, 0.15) is 6.92 Å². The number of hydrogen-bond donors (Lipinski definition) is 2. The molecule has 2 aromatic rings. The summed E-state index contributed by atoms with van der Waals surface area (Å²) in [6, 6.07) is 8.09. The number of fused-ring (bicyclic) bond motifs is 1. The number of hydrogen-bond acceptors (Lipinski definition) is 5. The van der Waals surface area contributed by atoms with Crippen LogP contribution in [-0.2, 0) is 0 Å². The van der Waals surface area contributed by atoms with Gasteiger partial charge in [0, 0.05) is 19.5 Å². The minimum absolute atomic E-state index is 0.0880. The Morgan fingerprint density at radius 2 is 2.28 bits per heavy atom. The van der Waals surface area contributed by atoms with Crippen molar-refractivity contribution in [3.8, 4) is 0 Å². The van der Waals surface area contributed by atoms with Gasteiger partial charge in [0.05, 0.1) is 0 Å². The van der Waals surface area contributed by atoms with Crippen LogP contribution < -0.4 is 10.6 Å². The van der Waals surface area contributed by atoms with E-state index >= 15 is 0 Å². The van der Waals surface area contributed by atoms with E-state index in [1.54, 1.807) is 0 Å². The van der Waals surface area contributed by atoms with E-state index in [9.17, 15) is 0 Å². The quantitative estimate of drug-likeness (QED) is 0.372. The molecule has 0 fully saturated rings. The molecule has 2 rings (SSSR count). The zero-order valence-corrected chi connectivity index (χ0v) is 10.4. The van der Waals surface area contributed by atoms with E-state index in [1.807, 2.05) is 43.1 Å². The molecule has 0 radical (unpaired) electrons. The first-order chi connectivity index (χ1) is 8.61. The summed E-state index contributed by atoms with van der Waals surface area (Å²) in [4.78, 5) is 6.20. The number of para-hydroxylation sites is 2. The molecule has 0 saturated carbocycles. The molecule has 1 aromatic heterocycles. The molecule has 6 heteroatoms. The first-order valence-corrected chi connectivity index (χ1v) is 5.66. The lowest BCUT2D eigenvalue weighted by molar-refractivity contribution is 0.314. The van der Waals surface area contributed by atoms with Crippen LogP contribution in [0.25, 0.3) is 11.1 Å². The largest absolute Gasteiger partial charge is 0.423 e. The Hall–Kier alpha value is -2.24.